The maximum absolute atomic E-state index is 13.0. The number of nitrogens with one attached hydrogen (secondary N) is 1. The summed E-state index contributed by atoms with van der Waals surface area (Å²) in [6.07, 6.45) is 0. The summed E-state index contributed by atoms with van der Waals surface area (Å²) in [6, 6.07) is 15.1. The van der Waals surface area contributed by atoms with Crippen molar-refractivity contribution in [3.63, 3.8) is 0 Å². The topological polar surface area (TPSA) is 75.7 Å². The predicted octanol–water partition coefficient (Wildman–Crippen LogP) is 6.23. The number of carbonyl (C=O) groups excluding carboxylic acids is 3. The molecule has 35 heavy (non-hydrogen) atoms. The standard InChI is InChI=1S/C27H22Cl2N2O4/c1-14-5-6-15(2)24(17(14)4)35-27(34)18-7-10-20(11-8-18)30-23-22(29)25(32)31(26(23)33)21-12-9-19(28)13-16(21)3/h5-13,30H,1-4H3. The van der Waals surface area contributed by atoms with Crippen molar-refractivity contribution in [3.05, 3.63) is 98.2 Å². The number of esters is 1. The minimum Gasteiger partial charge on any atom is -0.422 e. The Bertz CT molecular complexity index is 1410. The van der Waals surface area contributed by atoms with Crippen molar-refractivity contribution in [2.75, 3.05) is 10.2 Å². The number of imide groups is 1. The van der Waals surface area contributed by atoms with Gasteiger partial charge in [-0.15, -0.1) is 0 Å². The number of benzene rings is 3. The van der Waals surface area contributed by atoms with Crippen LogP contribution in [0.25, 0.3) is 0 Å². The zero-order valence-electron chi connectivity index (χ0n) is 19.5. The highest BCUT2D eigenvalue weighted by molar-refractivity contribution is 6.53. The largest absolute Gasteiger partial charge is 0.422 e. The van der Waals surface area contributed by atoms with Gasteiger partial charge in [0.2, 0.25) is 0 Å². The number of rotatable bonds is 5. The molecule has 1 aliphatic rings. The molecule has 0 radical (unpaired) electrons. The number of aryl methyl sites for hydroxylation is 3. The highest BCUT2D eigenvalue weighted by Crippen LogP contribution is 2.33. The molecule has 0 bridgehead atoms. The molecule has 1 aliphatic heterocycles. The molecule has 0 unspecified atom stereocenters. The van der Waals surface area contributed by atoms with Gasteiger partial charge in [-0.25, -0.2) is 9.69 Å². The lowest BCUT2D eigenvalue weighted by Crippen LogP contribution is -2.32. The van der Waals surface area contributed by atoms with E-state index < -0.39 is 17.8 Å². The fraction of sp³-hybridized carbons (Fsp3) is 0.148. The van der Waals surface area contributed by atoms with E-state index in [1.165, 1.54) is 0 Å². The number of hydrogen-bond acceptors (Lipinski definition) is 5. The third-order valence-electron chi connectivity index (χ3n) is 5.89. The maximum Gasteiger partial charge on any atom is 0.343 e. The van der Waals surface area contributed by atoms with Gasteiger partial charge in [0.05, 0.1) is 11.3 Å². The van der Waals surface area contributed by atoms with Gasteiger partial charge >= 0.3 is 5.97 Å². The van der Waals surface area contributed by atoms with Crippen LogP contribution in [0.1, 0.15) is 32.6 Å². The fourth-order valence-corrected chi connectivity index (χ4v) is 4.21. The first-order valence-electron chi connectivity index (χ1n) is 10.8. The van der Waals surface area contributed by atoms with E-state index in [1.54, 1.807) is 49.4 Å². The maximum atomic E-state index is 13.0. The Morgan fingerprint density at radius 3 is 2.14 bits per heavy atom. The third-order valence-corrected chi connectivity index (χ3v) is 6.47. The molecule has 1 N–H and O–H groups in total. The number of anilines is 2. The van der Waals surface area contributed by atoms with E-state index in [2.05, 4.69) is 5.32 Å². The monoisotopic (exact) mass is 508 g/mol. The average Bonchev–Trinajstić information content (AvgIpc) is 3.03. The minimum absolute atomic E-state index is 0.0487. The first kappa shape index (κ1) is 24.5. The highest BCUT2D eigenvalue weighted by atomic mass is 35.5. The molecule has 1 heterocycles. The number of halogens is 2. The Labute approximate surface area is 213 Å². The molecule has 0 saturated carbocycles. The van der Waals surface area contributed by atoms with Gasteiger partial charge in [-0.2, -0.15) is 0 Å². The van der Waals surface area contributed by atoms with E-state index >= 15 is 0 Å². The van der Waals surface area contributed by atoms with Crippen molar-refractivity contribution < 1.29 is 19.1 Å². The van der Waals surface area contributed by atoms with Crippen molar-refractivity contribution in [1.82, 2.24) is 0 Å². The van der Waals surface area contributed by atoms with Gasteiger partial charge < -0.3 is 10.1 Å². The average molecular weight is 509 g/mol. The van der Waals surface area contributed by atoms with Crippen LogP contribution >= 0.6 is 23.2 Å². The van der Waals surface area contributed by atoms with E-state index in [4.69, 9.17) is 27.9 Å². The lowest BCUT2D eigenvalue weighted by molar-refractivity contribution is -0.120. The van der Waals surface area contributed by atoms with Crippen molar-refractivity contribution in [2.45, 2.75) is 27.7 Å². The van der Waals surface area contributed by atoms with Gasteiger partial charge in [-0.3, -0.25) is 9.59 Å². The fourth-order valence-electron chi connectivity index (χ4n) is 3.77. The van der Waals surface area contributed by atoms with Gasteiger partial charge in [0.15, 0.2) is 0 Å². The molecule has 178 valence electrons. The number of hydrogen-bond donors (Lipinski definition) is 1. The van der Waals surface area contributed by atoms with Crippen LogP contribution in [0.4, 0.5) is 11.4 Å². The molecule has 0 fully saturated rings. The summed E-state index contributed by atoms with van der Waals surface area (Å²) in [5.74, 6) is -1.17. The Hall–Kier alpha value is -3.61. The first-order valence-corrected chi connectivity index (χ1v) is 11.5. The van der Waals surface area contributed by atoms with E-state index in [0.717, 1.165) is 21.6 Å². The molecule has 0 aliphatic carbocycles. The molecular formula is C27H22Cl2N2O4. The molecule has 2 amide bonds. The first-order chi connectivity index (χ1) is 16.6. The van der Waals surface area contributed by atoms with Crippen LogP contribution in [-0.2, 0) is 9.59 Å². The van der Waals surface area contributed by atoms with Crippen molar-refractivity contribution in [3.8, 4) is 5.75 Å². The molecule has 0 aromatic heterocycles. The predicted molar refractivity (Wildman–Crippen MR) is 137 cm³/mol. The number of ether oxygens (including phenoxy) is 1. The zero-order valence-corrected chi connectivity index (χ0v) is 21.0. The van der Waals surface area contributed by atoms with Crippen LogP contribution in [0, 0.1) is 27.7 Å². The van der Waals surface area contributed by atoms with E-state index in [0.29, 0.717) is 33.3 Å². The van der Waals surface area contributed by atoms with Crippen LogP contribution in [0.2, 0.25) is 5.02 Å². The van der Waals surface area contributed by atoms with E-state index in [-0.39, 0.29) is 10.7 Å². The number of nitrogens with zero attached hydrogens (tertiary/aromatic N) is 1. The minimum atomic E-state index is -0.631. The molecule has 0 spiro atoms. The van der Waals surface area contributed by atoms with Crippen LogP contribution < -0.4 is 15.0 Å². The Morgan fingerprint density at radius 1 is 0.829 bits per heavy atom. The second-order valence-electron chi connectivity index (χ2n) is 8.31. The van der Waals surface area contributed by atoms with Crippen molar-refractivity contribution in [1.29, 1.82) is 0 Å². The second-order valence-corrected chi connectivity index (χ2v) is 9.13. The molecule has 3 aromatic carbocycles. The number of amides is 2. The lowest BCUT2D eigenvalue weighted by atomic mass is 10.1. The van der Waals surface area contributed by atoms with Crippen molar-refractivity contribution >= 4 is 52.4 Å². The summed E-state index contributed by atoms with van der Waals surface area (Å²) in [4.78, 5) is 39.5. The summed E-state index contributed by atoms with van der Waals surface area (Å²) in [7, 11) is 0. The quantitative estimate of drug-likeness (QED) is 0.251. The molecule has 6 nitrogen and oxygen atoms in total. The van der Waals surface area contributed by atoms with Gasteiger partial charge in [-0.05, 0) is 92.4 Å². The van der Waals surface area contributed by atoms with Crippen LogP contribution in [0.15, 0.2) is 65.3 Å². The SMILES string of the molecule is Cc1cc(Cl)ccc1N1C(=O)C(Cl)=C(Nc2ccc(C(=O)Oc3c(C)ccc(C)c3C)cc2)C1=O. The highest BCUT2D eigenvalue weighted by Gasteiger charge is 2.39. The van der Waals surface area contributed by atoms with E-state index in [9.17, 15) is 14.4 Å². The lowest BCUT2D eigenvalue weighted by Gasteiger charge is -2.17. The molecule has 0 atom stereocenters. The van der Waals surface area contributed by atoms with Crippen LogP contribution in [0.3, 0.4) is 0 Å². The molecule has 4 rings (SSSR count). The smallest absolute Gasteiger partial charge is 0.343 e. The summed E-state index contributed by atoms with van der Waals surface area (Å²) in [5.41, 5.74) is 4.63. The second kappa shape index (κ2) is 9.56. The Balaban J connectivity index is 1.51. The summed E-state index contributed by atoms with van der Waals surface area (Å²) < 4.78 is 5.64. The van der Waals surface area contributed by atoms with Gasteiger partial charge in [0.25, 0.3) is 11.8 Å². The summed E-state index contributed by atoms with van der Waals surface area (Å²) >= 11 is 12.2. The van der Waals surface area contributed by atoms with Gasteiger partial charge in [0.1, 0.15) is 16.5 Å². The van der Waals surface area contributed by atoms with Crippen LogP contribution in [0.5, 0.6) is 5.75 Å². The van der Waals surface area contributed by atoms with Gasteiger partial charge in [0, 0.05) is 10.7 Å². The molecule has 8 heteroatoms. The Kier molecular flexibility index (Phi) is 6.70. The molecule has 3 aromatic rings. The van der Waals surface area contributed by atoms with Gasteiger partial charge in [-0.1, -0.05) is 35.3 Å². The molecule has 0 saturated heterocycles. The molecular weight excluding hydrogens is 487 g/mol. The Morgan fingerprint density at radius 2 is 1.49 bits per heavy atom. The number of carbonyl (C=O) groups is 3. The van der Waals surface area contributed by atoms with E-state index in [1.807, 2.05) is 32.9 Å². The zero-order chi connectivity index (χ0) is 25.4. The van der Waals surface area contributed by atoms with Crippen LogP contribution in [-0.4, -0.2) is 17.8 Å². The third kappa shape index (κ3) is 4.67. The normalized spacial score (nSPS) is 13.5. The van der Waals surface area contributed by atoms with Crippen molar-refractivity contribution in [2.24, 2.45) is 0 Å². The summed E-state index contributed by atoms with van der Waals surface area (Å²) in [5, 5.41) is 3.17. The summed E-state index contributed by atoms with van der Waals surface area (Å²) in [6.45, 7) is 7.49.